The third kappa shape index (κ3) is 6.60. The molecule has 0 unspecified atom stereocenters. The van der Waals surface area contributed by atoms with E-state index in [1.807, 2.05) is 6.07 Å². The minimum atomic E-state index is 0.0461. The van der Waals surface area contributed by atoms with E-state index in [-0.39, 0.29) is 11.9 Å². The molecule has 1 aromatic heterocycles. The van der Waals surface area contributed by atoms with Gasteiger partial charge in [0.2, 0.25) is 0 Å². The van der Waals surface area contributed by atoms with E-state index in [0.29, 0.717) is 6.10 Å². The van der Waals surface area contributed by atoms with Crippen LogP contribution in [0.25, 0.3) is 21.2 Å². The molecule has 3 heterocycles. The van der Waals surface area contributed by atoms with Crippen LogP contribution in [0.5, 0.6) is 5.75 Å². The van der Waals surface area contributed by atoms with Crippen LogP contribution in [0.2, 0.25) is 0 Å². The number of thiophene rings is 1. The molecular weight excluding hydrogens is 582 g/mol. The molecule has 0 atom stereocenters. The van der Waals surface area contributed by atoms with Gasteiger partial charge in [0.05, 0.1) is 9.35 Å². The Morgan fingerprint density at radius 1 is 0.975 bits per heavy atom. The van der Waals surface area contributed by atoms with E-state index >= 15 is 0 Å². The number of likely N-dealkylation sites (tertiary alicyclic amines) is 1. The number of rotatable bonds is 7. The molecule has 5 nitrogen and oxygen atoms in total. The predicted molar refractivity (Wildman–Crippen MR) is 168 cm³/mol. The smallest absolute Gasteiger partial charge is 0.261 e. The molecule has 2 aliphatic heterocycles. The summed E-state index contributed by atoms with van der Waals surface area (Å²) in [7, 11) is 0. The van der Waals surface area contributed by atoms with E-state index in [9.17, 15) is 4.79 Å². The maximum atomic E-state index is 13.1. The highest BCUT2D eigenvalue weighted by Crippen LogP contribution is 2.32. The van der Waals surface area contributed by atoms with Gasteiger partial charge in [-0.25, -0.2) is 0 Å². The third-order valence-corrected chi connectivity index (χ3v) is 9.75. The number of amides is 1. The molecule has 2 N–H and O–H groups in total. The van der Waals surface area contributed by atoms with Crippen LogP contribution in [0.15, 0.2) is 71.2 Å². The van der Waals surface area contributed by atoms with Crippen molar-refractivity contribution >= 4 is 43.3 Å². The lowest BCUT2D eigenvalue weighted by Gasteiger charge is -2.32. The molecular formula is C33H36BrN3O2S. The fraction of sp³-hybridized carbons (Fsp3) is 0.364. The Morgan fingerprint density at radius 3 is 2.48 bits per heavy atom. The van der Waals surface area contributed by atoms with Crippen molar-refractivity contribution in [3.63, 3.8) is 0 Å². The van der Waals surface area contributed by atoms with Crippen LogP contribution < -0.4 is 15.4 Å². The number of piperidine rings is 2. The van der Waals surface area contributed by atoms with Crippen LogP contribution in [0, 0.1) is 6.92 Å². The van der Waals surface area contributed by atoms with Gasteiger partial charge in [0.1, 0.15) is 11.9 Å². The lowest BCUT2D eigenvalue weighted by atomic mass is 10.0. The summed E-state index contributed by atoms with van der Waals surface area (Å²) >= 11 is 5.30. The average molecular weight is 619 g/mol. The Morgan fingerprint density at radius 2 is 1.73 bits per heavy atom. The van der Waals surface area contributed by atoms with Gasteiger partial charge in [0.25, 0.3) is 5.91 Å². The number of ether oxygens (including phenoxy) is 1. The molecule has 40 heavy (non-hydrogen) atoms. The van der Waals surface area contributed by atoms with Crippen molar-refractivity contribution in [2.75, 3.05) is 26.2 Å². The van der Waals surface area contributed by atoms with Crippen LogP contribution >= 0.6 is 27.3 Å². The molecule has 7 heteroatoms. The number of hydrogen-bond donors (Lipinski definition) is 2. The Bertz CT molecular complexity index is 1470. The normalized spacial score (nSPS) is 17.2. The molecule has 2 saturated heterocycles. The summed E-state index contributed by atoms with van der Waals surface area (Å²) < 4.78 is 8.41. The Balaban J connectivity index is 1.01. The fourth-order valence-electron chi connectivity index (χ4n) is 5.65. The number of fused-ring (bicyclic) bond motifs is 1. The summed E-state index contributed by atoms with van der Waals surface area (Å²) in [5.74, 6) is 0.981. The standard InChI is InChI=1S/C33H36BrN3O2S/c1-22-2-5-24(6-3-22)25-7-8-26-20-32(40-31(26)19-25)33(38)36-27-12-16-37(17-13-27)21-23-4-9-30(29(34)18-23)39-28-10-14-35-15-11-28/h2-9,18-20,27-28,35H,10-17,21H2,1H3,(H,36,38). The second kappa shape index (κ2) is 12.4. The fourth-order valence-corrected chi connectivity index (χ4v) is 7.17. The van der Waals surface area contributed by atoms with Crippen LogP contribution in [0.4, 0.5) is 0 Å². The second-order valence-electron chi connectivity index (χ2n) is 11.1. The van der Waals surface area contributed by atoms with E-state index in [4.69, 9.17) is 4.74 Å². The highest BCUT2D eigenvalue weighted by atomic mass is 79.9. The molecule has 6 rings (SSSR count). The zero-order valence-corrected chi connectivity index (χ0v) is 25.3. The van der Waals surface area contributed by atoms with Crippen LogP contribution in [-0.2, 0) is 6.54 Å². The Labute approximate surface area is 249 Å². The second-order valence-corrected chi connectivity index (χ2v) is 13.0. The van der Waals surface area contributed by atoms with Gasteiger partial charge in [0.15, 0.2) is 0 Å². The molecule has 0 bridgehead atoms. The van der Waals surface area contributed by atoms with Gasteiger partial charge in [0, 0.05) is 30.4 Å². The number of benzene rings is 3. The van der Waals surface area contributed by atoms with Gasteiger partial charge in [-0.3, -0.25) is 9.69 Å². The van der Waals surface area contributed by atoms with Crippen molar-refractivity contribution < 1.29 is 9.53 Å². The summed E-state index contributed by atoms with van der Waals surface area (Å²) in [5, 5.41) is 7.81. The number of nitrogens with one attached hydrogen (secondary N) is 2. The molecule has 0 radical (unpaired) electrons. The molecule has 2 aliphatic rings. The van der Waals surface area contributed by atoms with Crippen molar-refractivity contribution in [3.8, 4) is 16.9 Å². The predicted octanol–water partition coefficient (Wildman–Crippen LogP) is 7.16. The first kappa shape index (κ1) is 27.5. The minimum absolute atomic E-state index is 0.0461. The Kier molecular flexibility index (Phi) is 8.54. The first-order chi connectivity index (χ1) is 19.5. The zero-order valence-electron chi connectivity index (χ0n) is 22.9. The molecule has 1 amide bonds. The summed E-state index contributed by atoms with van der Waals surface area (Å²) in [6.45, 7) is 7.01. The topological polar surface area (TPSA) is 53.6 Å². The maximum absolute atomic E-state index is 13.1. The highest BCUT2D eigenvalue weighted by molar-refractivity contribution is 9.10. The lowest BCUT2D eigenvalue weighted by Crippen LogP contribution is -2.44. The summed E-state index contributed by atoms with van der Waals surface area (Å²) in [6, 6.07) is 23.8. The molecule has 2 fully saturated rings. The van der Waals surface area contributed by atoms with Gasteiger partial charge >= 0.3 is 0 Å². The van der Waals surface area contributed by atoms with E-state index in [2.05, 4.69) is 99.1 Å². The van der Waals surface area contributed by atoms with E-state index in [1.165, 1.54) is 22.3 Å². The monoisotopic (exact) mass is 617 g/mol. The molecule has 4 aromatic rings. The molecule has 3 aromatic carbocycles. The quantitative estimate of drug-likeness (QED) is 0.231. The average Bonchev–Trinajstić information content (AvgIpc) is 3.40. The van der Waals surface area contributed by atoms with Crippen molar-refractivity contribution in [2.24, 2.45) is 0 Å². The number of halogens is 1. The van der Waals surface area contributed by atoms with Gasteiger partial charge in [-0.15, -0.1) is 11.3 Å². The minimum Gasteiger partial charge on any atom is -0.489 e. The van der Waals surface area contributed by atoms with Crippen molar-refractivity contribution in [2.45, 2.75) is 51.3 Å². The number of carbonyl (C=O) groups excluding carboxylic acids is 1. The van der Waals surface area contributed by atoms with E-state index in [1.54, 1.807) is 11.3 Å². The maximum Gasteiger partial charge on any atom is 0.261 e. The zero-order chi connectivity index (χ0) is 27.5. The molecule has 0 spiro atoms. The van der Waals surface area contributed by atoms with Gasteiger partial charge in [-0.1, -0.05) is 48.0 Å². The summed E-state index contributed by atoms with van der Waals surface area (Å²) in [5.41, 5.74) is 4.92. The summed E-state index contributed by atoms with van der Waals surface area (Å²) in [6.07, 6.45) is 4.33. The number of hydrogen-bond acceptors (Lipinski definition) is 5. The SMILES string of the molecule is Cc1ccc(-c2ccc3cc(C(=O)NC4CCN(Cc5ccc(OC6CCNCC6)c(Br)c5)CC4)sc3c2)cc1. The lowest BCUT2D eigenvalue weighted by molar-refractivity contribution is 0.0913. The van der Waals surface area contributed by atoms with Crippen LogP contribution in [0.3, 0.4) is 0 Å². The van der Waals surface area contributed by atoms with E-state index in [0.717, 1.165) is 83.6 Å². The molecule has 0 aliphatic carbocycles. The first-order valence-electron chi connectivity index (χ1n) is 14.3. The van der Waals surface area contributed by atoms with Crippen molar-refractivity contribution in [1.29, 1.82) is 0 Å². The Hall–Kier alpha value is -2.71. The van der Waals surface area contributed by atoms with Crippen LogP contribution in [-0.4, -0.2) is 49.1 Å². The van der Waals surface area contributed by atoms with Crippen LogP contribution in [0.1, 0.15) is 46.5 Å². The largest absolute Gasteiger partial charge is 0.489 e. The molecule has 208 valence electrons. The van der Waals surface area contributed by atoms with E-state index < -0.39 is 0 Å². The highest BCUT2D eigenvalue weighted by Gasteiger charge is 2.23. The van der Waals surface area contributed by atoms with Gasteiger partial charge in [-0.2, -0.15) is 0 Å². The van der Waals surface area contributed by atoms with Crippen molar-refractivity contribution in [1.82, 2.24) is 15.5 Å². The number of aryl methyl sites for hydroxylation is 1. The van der Waals surface area contributed by atoms with Crippen molar-refractivity contribution in [3.05, 3.63) is 87.2 Å². The first-order valence-corrected chi connectivity index (χ1v) is 15.9. The summed E-state index contributed by atoms with van der Waals surface area (Å²) in [4.78, 5) is 16.4. The third-order valence-electron chi connectivity index (χ3n) is 8.03. The van der Waals surface area contributed by atoms with Gasteiger partial charge < -0.3 is 15.4 Å². The molecule has 0 saturated carbocycles. The number of nitrogens with zero attached hydrogens (tertiary/aromatic N) is 1. The number of carbonyl (C=O) groups is 1. The van der Waals surface area contributed by atoms with Gasteiger partial charge in [-0.05, 0) is 108 Å².